The molecule has 0 aromatic heterocycles. The van der Waals surface area contributed by atoms with E-state index in [0.29, 0.717) is 37.7 Å². The third-order valence-electron chi connectivity index (χ3n) is 4.84. The van der Waals surface area contributed by atoms with E-state index in [9.17, 15) is 4.79 Å². The van der Waals surface area contributed by atoms with Crippen molar-refractivity contribution in [3.63, 3.8) is 0 Å². The molecule has 2 aromatic rings. The fourth-order valence-corrected chi connectivity index (χ4v) is 2.50. The van der Waals surface area contributed by atoms with Crippen molar-refractivity contribution >= 4 is 5.97 Å². The molecule has 32 heavy (non-hydrogen) atoms. The first-order valence-electron chi connectivity index (χ1n) is 10.8. The van der Waals surface area contributed by atoms with E-state index in [4.69, 9.17) is 24.0 Å². The number of para-hydroxylation sites is 2. The van der Waals surface area contributed by atoms with E-state index >= 15 is 0 Å². The number of rotatable bonds is 14. The molecule has 0 aliphatic carbocycles. The Labute approximate surface area is 191 Å². The lowest BCUT2D eigenvalue weighted by atomic mass is 9.90. The molecule has 0 saturated heterocycles. The molecule has 2 rings (SSSR count). The first-order chi connectivity index (χ1) is 15.3. The minimum absolute atomic E-state index is 0.105. The Morgan fingerprint density at radius 3 is 1.91 bits per heavy atom. The summed E-state index contributed by atoms with van der Waals surface area (Å²) < 4.78 is 16.4. The maximum absolute atomic E-state index is 12.3. The Hall–Kier alpha value is -2.99. The summed E-state index contributed by atoms with van der Waals surface area (Å²) in [5.41, 5.74) is -0.761. The second-order valence-corrected chi connectivity index (χ2v) is 8.92. The molecule has 0 spiro atoms. The van der Waals surface area contributed by atoms with Gasteiger partial charge in [0.15, 0.2) is 5.75 Å². The van der Waals surface area contributed by atoms with Crippen LogP contribution in [0, 0.1) is 10.8 Å². The largest absolute Gasteiger partial charge is 0.498 e. The van der Waals surface area contributed by atoms with Crippen LogP contribution >= 0.6 is 0 Å². The van der Waals surface area contributed by atoms with E-state index in [1.165, 1.54) is 12.5 Å². The molecule has 0 saturated carbocycles. The average Bonchev–Trinajstić information content (AvgIpc) is 2.77. The van der Waals surface area contributed by atoms with Crippen molar-refractivity contribution in [2.45, 2.75) is 40.5 Å². The van der Waals surface area contributed by atoms with Crippen LogP contribution in [0.15, 0.2) is 73.2 Å². The molecule has 0 heterocycles. The summed E-state index contributed by atoms with van der Waals surface area (Å²) in [6.07, 6.45) is 4.33. The minimum Gasteiger partial charge on any atom is -0.498 e. The molecule has 174 valence electrons. The van der Waals surface area contributed by atoms with Crippen molar-refractivity contribution in [1.29, 1.82) is 0 Å². The number of carbonyl (C=O) groups is 1. The van der Waals surface area contributed by atoms with Gasteiger partial charge in [-0.25, -0.2) is 0 Å². The van der Waals surface area contributed by atoms with Crippen LogP contribution in [0.3, 0.4) is 0 Å². The first-order valence-corrected chi connectivity index (χ1v) is 10.8. The average molecular weight is 443 g/mol. The summed E-state index contributed by atoms with van der Waals surface area (Å²) in [5, 5.41) is 0. The fourth-order valence-electron chi connectivity index (χ4n) is 2.50. The molecule has 2 aromatic carbocycles. The fraction of sp³-hybridized carbons (Fsp3) is 0.423. The first kappa shape index (κ1) is 25.3. The van der Waals surface area contributed by atoms with Crippen molar-refractivity contribution in [2.24, 2.45) is 10.8 Å². The molecule has 0 bridgehead atoms. The van der Waals surface area contributed by atoms with Crippen LogP contribution in [0.25, 0.3) is 0 Å². The zero-order valence-corrected chi connectivity index (χ0v) is 19.4. The Morgan fingerprint density at radius 1 is 0.781 bits per heavy atom. The quantitative estimate of drug-likeness (QED) is 0.0901. The number of ether oxygens (including phenoxy) is 3. The summed E-state index contributed by atoms with van der Waals surface area (Å²) >= 11 is 0. The molecule has 0 aliphatic rings. The third-order valence-corrected chi connectivity index (χ3v) is 4.84. The SMILES string of the molecule is CC(C)(CCO/C=C/OCCC(C)(C)C(=O)Oc1ccccc1)COOc1ccccc1. The van der Waals surface area contributed by atoms with E-state index in [2.05, 4.69) is 13.8 Å². The predicted octanol–water partition coefficient (Wildman–Crippen LogP) is 5.94. The van der Waals surface area contributed by atoms with Crippen molar-refractivity contribution in [3.8, 4) is 11.5 Å². The van der Waals surface area contributed by atoms with E-state index in [0.717, 1.165) is 6.42 Å². The van der Waals surface area contributed by atoms with Gasteiger partial charge in [-0.1, -0.05) is 50.2 Å². The predicted molar refractivity (Wildman–Crippen MR) is 123 cm³/mol. The lowest BCUT2D eigenvalue weighted by molar-refractivity contribution is -0.227. The van der Waals surface area contributed by atoms with Gasteiger partial charge >= 0.3 is 5.97 Å². The van der Waals surface area contributed by atoms with Crippen LogP contribution in [0.4, 0.5) is 0 Å². The third kappa shape index (κ3) is 9.88. The monoisotopic (exact) mass is 442 g/mol. The van der Waals surface area contributed by atoms with Crippen molar-refractivity contribution < 1.29 is 28.8 Å². The van der Waals surface area contributed by atoms with Crippen LogP contribution in [-0.2, 0) is 19.2 Å². The number of hydrogen-bond donors (Lipinski definition) is 0. The van der Waals surface area contributed by atoms with Crippen LogP contribution in [0.2, 0.25) is 0 Å². The van der Waals surface area contributed by atoms with E-state index in [1.807, 2.05) is 62.4 Å². The molecule has 0 amide bonds. The van der Waals surface area contributed by atoms with Crippen LogP contribution < -0.4 is 9.62 Å². The minimum atomic E-state index is -0.656. The Bertz CT molecular complexity index is 815. The highest BCUT2D eigenvalue weighted by molar-refractivity contribution is 5.78. The molecule has 0 fully saturated rings. The standard InChI is InChI=1S/C26H34O6/c1-25(2,21-30-32-23-13-9-6-10-14-23)15-17-28-19-20-29-18-16-26(3,4)24(27)31-22-11-7-5-8-12-22/h5-14,19-20H,15-18,21H2,1-4H3/b20-19+. The van der Waals surface area contributed by atoms with Gasteiger partial charge in [-0.3, -0.25) is 4.79 Å². The van der Waals surface area contributed by atoms with Gasteiger partial charge in [0.2, 0.25) is 0 Å². The Kier molecular flexibility index (Phi) is 10.1. The molecule has 0 atom stereocenters. The summed E-state index contributed by atoms with van der Waals surface area (Å²) in [5.74, 6) is 0.934. The second kappa shape index (κ2) is 12.8. The second-order valence-electron chi connectivity index (χ2n) is 8.92. The lowest BCUT2D eigenvalue weighted by Gasteiger charge is -2.23. The van der Waals surface area contributed by atoms with Gasteiger partial charge in [-0.15, -0.1) is 0 Å². The van der Waals surface area contributed by atoms with Crippen molar-refractivity contribution in [2.75, 3.05) is 19.8 Å². The molecule has 0 unspecified atom stereocenters. The van der Waals surface area contributed by atoms with Crippen LogP contribution in [-0.4, -0.2) is 25.8 Å². The number of carbonyl (C=O) groups excluding carboxylic acids is 1. The zero-order chi connectivity index (χ0) is 23.3. The van der Waals surface area contributed by atoms with Gasteiger partial charge in [0.1, 0.15) is 18.3 Å². The van der Waals surface area contributed by atoms with Crippen LogP contribution in [0.5, 0.6) is 11.5 Å². The molecule has 0 radical (unpaired) electrons. The van der Waals surface area contributed by atoms with Gasteiger partial charge in [0, 0.05) is 0 Å². The number of benzene rings is 2. The molecular weight excluding hydrogens is 408 g/mol. The summed E-state index contributed by atoms with van der Waals surface area (Å²) in [7, 11) is 0. The summed E-state index contributed by atoms with van der Waals surface area (Å²) in [4.78, 5) is 23.0. The zero-order valence-electron chi connectivity index (χ0n) is 19.4. The summed E-state index contributed by atoms with van der Waals surface area (Å²) in [6.45, 7) is 9.20. The van der Waals surface area contributed by atoms with Crippen LogP contribution in [0.1, 0.15) is 40.5 Å². The Morgan fingerprint density at radius 2 is 1.31 bits per heavy atom. The summed E-state index contributed by atoms with van der Waals surface area (Å²) in [6, 6.07) is 18.4. The van der Waals surface area contributed by atoms with Crippen molar-refractivity contribution in [3.05, 3.63) is 73.2 Å². The van der Waals surface area contributed by atoms with Gasteiger partial charge in [0.25, 0.3) is 0 Å². The topological polar surface area (TPSA) is 63.2 Å². The highest BCUT2D eigenvalue weighted by atomic mass is 17.2. The molecule has 6 heteroatoms. The van der Waals surface area contributed by atoms with Gasteiger partial charge in [-0.2, -0.15) is 4.89 Å². The highest BCUT2D eigenvalue weighted by Gasteiger charge is 2.29. The molecule has 0 N–H and O–H groups in total. The van der Waals surface area contributed by atoms with Gasteiger partial charge in [-0.05, 0) is 56.4 Å². The maximum Gasteiger partial charge on any atom is 0.317 e. The van der Waals surface area contributed by atoms with E-state index < -0.39 is 5.41 Å². The molecular formula is C26H34O6. The molecule has 6 nitrogen and oxygen atoms in total. The van der Waals surface area contributed by atoms with Gasteiger partial charge in [0.05, 0.1) is 25.2 Å². The molecule has 0 aliphatic heterocycles. The van der Waals surface area contributed by atoms with Crippen molar-refractivity contribution in [1.82, 2.24) is 0 Å². The highest BCUT2D eigenvalue weighted by Crippen LogP contribution is 2.24. The smallest absolute Gasteiger partial charge is 0.317 e. The normalized spacial score (nSPS) is 11.9. The maximum atomic E-state index is 12.3. The van der Waals surface area contributed by atoms with Gasteiger partial charge < -0.3 is 19.1 Å². The van der Waals surface area contributed by atoms with E-state index in [-0.39, 0.29) is 11.4 Å². The van der Waals surface area contributed by atoms with E-state index in [1.54, 1.807) is 12.1 Å². The number of esters is 1. The lowest BCUT2D eigenvalue weighted by Crippen LogP contribution is -2.30. The Balaban J connectivity index is 1.56. The number of hydrogen-bond acceptors (Lipinski definition) is 6.